The van der Waals surface area contributed by atoms with Crippen LogP contribution in [0.3, 0.4) is 0 Å². The van der Waals surface area contributed by atoms with E-state index in [9.17, 15) is 9.59 Å². The zero-order valence-electron chi connectivity index (χ0n) is 13.8. The van der Waals surface area contributed by atoms with Gasteiger partial charge in [-0.05, 0) is 30.9 Å². The Labute approximate surface area is 140 Å². The number of methoxy groups -OCH3 is 1. The van der Waals surface area contributed by atoms with E-state index in [1.165, 1.54) is 12.0 Å². The number of ether oxygens (including phenoxy) is 1. The van der Waals surface area contributed by atoms with Crippen LogP contribution in [0.1, 0.15) is 34.5 Å². The first kappa shape index (κ1) is 16.2. The molecule has 1 aliphatic heterocycles. The molecule has 7 nitrogen and oxygen atoms in total. The van der Waals surface area contributed by atoms with E-state index in [0.717, 1.165) is 17.5 Å². The lowest BCUT2D eigenvalue weighted by atomic mass is 10.1. The summed E-state index contributed by atoms with van der Waals surface area (Å²) >= 11 is 0. The lowest BCUT2D eigenvalue weighted by molar-refractivity contribution is -0.145. The second-order valence-electron chi connectivity index (χ2n) is 5.91. The number of rotatable bonds is 4. The Morgan fingerprint density at radius 2 is 2.12 bits per heavy atom. The van der Waals surface area contributed by atoms with Gasteiger partial charge in [0.05, 0.1) is 19.9 Å². The van der Waals surface area contributed by atoms with Crippen molar-refractivity contribution in [3.63, 3.8) is 0 Å². The first-order valence-corrected chi connectivity index (χ1v) is 7.93. The summed E-state index contributed by atoms with van der Waals surface area (Å²) in [6.45, 7) is 3.11. The Hall–Kier alpha value is -2.70. The van der Waals surface area contributed by atoms with Crippen molar-refractivity contribution >= 4 is 11.9 Å². The minimum atomic E-state index is -0.524. The number of carbonyl (C=O) groups is 2. The summed E-state index contributed by atoms with van der Waals surface area (Å²) in [4.78, 5) is 25.9. The van der Waals surface area contributed by atoms with E-state index in [0.29, 0.717) is 19.5 Å². The van der Waals surface area contributed by atoms with Crippen LogP contribution in [0.4, 0.5) is 0 Å². The summed E-state index contributed by atoms with van der Waals surface area (Å²) in [5, 5.41) is 8.01. The largest absolute Gasteiger partial charge is 0.467 e. The van der Waals surface area contributed by atoms with Gasteiger partial charge in [-0.2, -0.15) is 0 Å². The molecule has 1 amide bonds. The molecule has 126 valence electrons. The quantitative estimate of drug-likeness (QED) is 0.793. The molecule has 1 atom stereocenters. The van der Waals surface area contributed by atoms with Gasteiger partial charge in [-0.3, -0.25) is 4.79 Å². The highest BCUT2D eigenvalue weighted by molar-refractivity contribution is 5.95. The average molecular weight is 328 g/mol. The van der Waals surface area contributed by atoms with E-state index in [1.807, 2.05) is 31.2 Å². The Morgan fingerprint density at radius 1 is 1.33 bits per heavy atom. The molecule has 7 heteroatoms. The molecule has 1 aromatic carbocycles. The summed E-state index contributed by atoms with van der Waals surface area (Å²) < 4.78 is 6.41. The highest BCUT2D eigenvalue weighted by atomic mass is 16.5. The number of carbonyl (C=O) groups excluding carboxylic acids is 2. The van der Waals surface area contributed by atoms with Crippen molar-refractivity contribution in [2.75, 3.05) is 13.7 Å². The van der Waals surface area contributed by atoms with Crippen LogP contribution in [0.5, 0.6) is 0 Å². The van der Waals surface area contributed by atoms with Crippen LogP contribution in [0.15, 0.2) is 30.5 Å². The first-order chi connectivity index (χ1) is 11.6. The number of aryl methyl sites for hydroxylation is 1. The molecule has 1 fully saturated rings. The van der Waals surface area contributed by atoms with E-state index in [2.05, 4.69) is 10.3 Å². The predicted molar refractivity (Wildman–Crippen MR) is 86.4 cm³/mol. The third-order valence-corrected chi connectivity index (χ3v) is 4.34. The van der Waals surface area contributed by atoms with Gasteiger partial charge in [0.1, 0.15) is 6.04 Å². The number of nitrogens with zero attached hydrogens (tertiary/aromatic N) is 4. The van der Waals surface area contributed by atoms with Crippen LogP contribution in [-0.2, 0) is 16.1 Å². The smallest absolute Gasteiger partial charge is 0.328 e. The SMILES string of the molecule is COC(=O)[C@@H]1CCCN1C(=O)c1cn(Cc2ccccc2C)nn1. The normalized spacial score (nSPS) is 17.1. The second kappa shape index (κ2) is 6.82. The first-order valence-electron chi connectivity index (χ1n) is 7.93. The van der Waals surface area contributed by atoms with Gasteiger partial charge in [-0.1, -0.05) is 29.5 Å². The van der Waals surface area contributed by atoms with Gasteiger partial charge in [0.15, 0.2) is 5.69 Å². The van der Waals surface area contributed by atoms with Crippen molar-refractivity contribution in [1.82, 2.24) is 19.9 Å². The average Bonchev–Trinajstić information content (AvgIpc) is 3.25. The third kappa shape index (κ3) is 3.15. The zero-order valence-corrected chi connectivity index (χ0v) is 13.8. The third-order valence-electron chi connectivity index (χ3n) is 4.34. The number of benzene rings is 1. The number of amides is 1. The van der Waals surface area contributed by atoms with Crippen molar-refractivity contribution in [3.05, 3.63) is 47.3 Å². The van der Waals surface area contributed by atoms with Crippen molar-refractivity contribution < 1.29 is 14.3 Å². The molecule has 0 unspecified atom stereocenters. The van der Waals surface area contributed by atoms with Gasteiger partial charge in [-0.25, -0.2) is 9.48 Å². The van der Waals surface area contributed by atoms with Crippen molar-refractivity contribution in [3.8, 4) is 0 Å². The van der Waals surface area contributed by atoms with Crippen LogP contribution in [0.25, 0.3) is 0 Å². The van der Waals surface area contributed by atoms with E-state index in [-0.39, 0.29) is 17.6 Å². The molecular formula is C17H20N4O3. The number of likely N-dealkylation sites (tertiary alicyclic amines) is 1. The molecule has 1 aromatic heterocycles. The standard InChI is InChI=1S/C17H20N4O3/c1-12-6-3-4-7-13(12)10-20-11-14(18-19-20)16(22)21-9-5-8-15(21)17(23)24-2/h3-4,6-7,11,15H,5,8-10H2,1-2H3/t15-/m0/s1. The van der Waals surface area contributed by atoms with E-state index in [1.54, 1.807) is 10.9 Å². The molecule has 1 saturated heterocycles. The Bertz CT molecular complexity index is 756. The lowest BCUT2D eigenvalue weighted by Crippen LogP contribution is -2.41. The van der Waals surface area contributed by atoms with Gasteiger partial charge in [0.25, 0.3) is 5.91 Å². The monoisotopic (exact) mass is 328 g/mol. The van der Waals surface area contributed by atoms with Crippen LogP contribution < -0.4 is 0 Å². The van der Waals surface area contributed by atoms with Crippen LogP contribution in [0.2, 0.25) is 0 Å². The molecule has 0 N–H and O–H groups in total. The number of hydrogen-bond donors (Lipinski definition) is 0. The topological polar surface area (TPSA) is 77.3 Å². The molecule has 2 aromatic rings. The molecule has 0 bridgehead atoms. The van der Waals surface area contributed by atoms with Crippen LogP contribution in [-0.4, -0.2) is 51.5 Å². The van der Waals surface area contributed by atoms with Gasteiger partial charge in [0.2, 0.25) is 0 Å². The maximum Gasteiger partial charge on any atom is 0.328 e. The van der Waals surface area contributed by atoms with Crippen LogP contribution in [0, 0.1) is 6.92 Å². The van der Waals surface area contributed by atoms with Gasteiger partial charge in [-0.15, -0.1) is 5.10 Å². The van der Waals surface area contributed by atoms with Crippen LogP contribution >= 0.6 is 0 Å². The fourth-order valence-electron chi connectivity index (χ4n) is 2.97. The van der Waals surface area contributed by atoms with Crippen molar-refractivity contribution in [2.24, 2.45) is 0 Å². The molecule has 0 saturated carbocycles. The molecule has 0 spiro atoms. The fourth-order valence-corrected chi connectivity index (χ4v) is 2.97. The summed E-state index contributed by atoms with van der Waals surface area (Å²) in [5.74, 6) is -0.660. The fraction of sp³-hybridized carbons (Fsp3) is 0.412. The number of esters is 1. The maximum absolute atomic E-state index is 12.6. The summed E-state index contributed by atoms with van der Waals surface area (Å²) in [5.41, 5.74) is 2.53. The van der Waals surface area contributed by atoms with E-state index >= 15 is 0 Å². The Kier molecular flexibility index (Phi) is 4.59. The summed E-state index contributed by atoms with van der Waals surface area (Å²) in [6.07, 6.45) is 3.03. The minimum Gasteiger partial charge on any atom is -0.467 e. The lowest BCUT2D eigenvalue weighted by Gasteiger charge is -2.21. The molecule has 0 aliphatic carbocycles. The van der Waals surface area contributed by atoms with Gasteiger partial charge < -0.3 is 9.64 Å². The molecule has 0 radical (unpaired) electrons. The molecule has 1 aliphatic rings. The maximum atomic E-state index is 12.6. The molecule has 3 rings (SSSR count). The zero-order chi connectivity index (χ0) is 17.1. The van der Waals surface area contributed by atoms with Crippen molar-refractivity contribution in [2.45, 2.75) is 32.4 Å². The number of aromatic nitrogens is 3. The summed E-state index contributed by atoms with van der Waals surface area (Å²) in [7, 11) is 1.34. The van der Waals surface area contributed by atoms with E-state index in [4.69, 9.17) is 4.74 Å². The van der Waals surface area contributed by atoms with Gasteiger partial charge in [0, 0.05) is 6.54 Å². The van der Waals surface area contributed by atoms with E-state index < -0.39 is 6.04 Å². The Morgan fingerprint density at radius 3 is 2.88 bits per heavy atom. The Balaban J connectivity index is 1.74. The highest BCUT2D eigenvalue weighted by Crippen LogP contribution is 2.20. The predicted octanol–water partition coefficient (Wildman–Crippen LogP) is 1.41. The molecule has 24 heavy (non-hydrogen) atoms. The van der Waals surface area contributed by atoms with Gasteiger partial charge >= 0.3 is 5.97 Å². The molecule has 2 heterocycles. The van der Waals surface area contributed by atoms with Crippen molar-refractivity contribution in [1.29, 1.82) is 0 Å². The highest BCUT2D eigenvalue weighted by Gasteiger charge is 2.36. The number of hydrogen-bond acceptors (Lipinski definition) is 5. The second-order valence-corrected chi connectivity index (χ2v) is 5.91. The minimum absolute atomic E-state index is 0.249. The molecular weight excluding hydrogens is 308 g/mol. The summed E-state index contributed by atoms with van der Waals surface area (Å²) in [6, 6.07) is 7.48.